The standard InChI is InChI=1S/C31H36N2O3/c1-35-28-15-11-24(12-16-28)9-5-19-32-20-17-26(18-21-32)29(23-25-7-3-2-4-8-25)33(27-13-14-27)31(34)30-10-6-22-36-30/h2-12,15-16,22,26-27,29H,13-14,17-21,23H2,1H3/b9-5+. The van der Waals surface area contributed by atoms with Crippen molar-refractivity contribution < 1.29 is 13.9 Å². The Balaban J connectivity index is 1.25. The number of nitrogens with zero attached hydrogens (tertiary/aromatic N) is 2. The highest BCUT2D eigenvalue weighted by Gasteiger charge is 2.42. The molecule has 1 unspecified atom stereocenters. The van der Waals surface area contributed by atoms with E-state index >= 15 is 0 Å². The molecular weight excluding hydrogens is 448 g/mol. The molecule has 2 heterocycles. The van der Waals surface area contributed by atoms with E-state index in [0.29, 0.717) is 17.7 Å². The zero-order valence-electron chi connectivity index (χ0n) is 21.1. The number of furan rings is 1. The first-order valence-corrected chi connectivity index (χ1v) is 13.1. The molecule has 0 spiro atoms. The molecule has 3 aromatic rings. The lowest BCUT2D eigenvalue weighted by atomic mass is 9.84. The monoisotopic (exact) mass is 484 g/mol. The van der Waals surface area contributed by atoms with E-state index in [1.165, 1.54) is 11.1 Å². The maximum Gasteiger partial charge on any atom is 0.290 e. The molecule has 0 radical (unpaired) electrons. The second-order valence-electron chi connectivity index (χ2n) is 9.99. The van der Waals surface area contributed by atoms with Gasteiger partial charge in [0.15, 0.2) is 5.76 Å². The van der Waals surface area contributed by atoms with Gasteiger partial charge in [-0.2, -0.15) is 0 Å². The number of amides is 1. The highest BCUT2D eigenvalue weighted by molar-refractivity contribution is 5.92. The molecule has 2 fully saturated rings. The predicted octanol–water partition coefficient (Wildman–Crippen LogP) is 5.93. The predicted molar refractivity (Wildman–Crippen MR) is 143 cm³/mol. The summed E-state index contributed by atoms with van der Waals surface area (Å²) >= 11 is 0. The summed E-state index contributed by atoms with van der Waals surface area (Å²) in [5.41, 5.74) is 2.48. The third-order valence-corrected chi connectivity index (χ3v) is 7.52. The van der Waals surface area contributed by atoms with E-state index in [1.807, 2.05) is 18.2 Å². The van der Waals surface area contributed by atoms with Gasteiger partial charge in [-0.3, -0.25) is 9.69 Å². The Kier molecular flexibility index (Phi) is 7.87. The number of ether oxygens (including phenoxy) is 1. The van der Waals surface area contributed by atoms with E-state index in [-0.39, 0.29) is 11.9 Å². The van der Waals surface area contributed by atoms with Crippen molar-refractivity contribution >= 4 is 12.0 Å². The molecule has 5 nitrogen and oxygen atoms in total. The molecule has 188 valence electrons. The molecule has 2 aromatic carbocycles. The number of piperidine rings is 1. The van der Waals surface area contributed by atoms with Crippen molar-refractivity contribution in [3.8, 4) is 5.75 Å². The number of benzene rings is 2. The molecule has 5 rings (SSSR count). The van der Waals surface area contributed by atoms with Gasteiger partial charge in [0.05, 0.1) is 13.4 Å². The molecular formula is C31H36N2O3. The molecule has 1 saturated carbocycles. The quantitative estimate of drug-likeness (QED) is 0.358. The molecule has 0 bridgehead atoms. The number of methoxy groups -OCH3 is 1. The molecule has 0 N–H and O–H groups in total. The minimum Gasteiger partial charge on any atom is -0.497 e. The number of rotatable bonds is 10. The normalized spacial score (nSPS) is 17.8. The summed E-state index contributed by atoms with van der Waals surface area (Å²) < 4.78 is 10.8. The molecule has 1 saturated heterocycles. The van der Waals surface area contributed by atoms with Crippen molar-refractivity contribution in [2.45, 2.75) is 44.2 Å². The van der Waals surface area contributed by atoms with Crippen LogP contribution in [0.2, 0.25) is 0 Å². The molecule has 1 aliphatic heterocycles. The maximum atomic E-state index is 13.5. The average Bonchev–Trinajstić information content (AvgIpc) is 3.60. The molecule has 1 amide bonds. The average molecular weight is 485 g/mol. The third-order valence-electron chi connectivity index (χ3n) is 7.52. The molecule has 1 atom stereocenters. The lowest BCUT2D eigenvalue weighted by Crippen LogP contribution is -2.50. The van der Waals surface area contributed by atoms with Gasteiger partial charge in [-0.05, 0) is 86.5 Å². The summed E-state index contributed by atoms with van der Waals surface area (Å²) in [6.45, 7) is 3.05. The zero-order chi connectivity index (χ0) is 24.7. The lowest BCUT2D eigenvalue weighted by Gasteiger charge is -2.41. The Bertz CT molecular complexity index is 1110. The fourth-order valence-electron chi connectivity index (χ4n) is 5.39. The van der Waals surface area contributed by atoms with Crippen LogP contribution in [0.3, 0.4) is 0 Å². The van der Waals surface area contributed by atoms with Gasteiger partial charge in [-0.25, -0.2) is 0 Å². The van der Waals surface area contributed by atoms with Crippen molar-refractivity contribution in [3.63, 3.8) is 0 Å². The van der Waals surface area contributed by atoms with Gasteiger partial charge in [-0.15, -0.1) is 0 Å². The van der Waals surface area contributed by atoms with Crippen molar-refractivity contribution in [1.29, 1.82) is 0 Å². The van der Waals surface area contributed by atoms with Gasteiger partial charge in [0, 0.05) is 18.6 Å². The Morgan fingerprint density at radius 3 is 2.42 bits per heavy atom. The van der Waals surface area contributed by atoms with Crippen LogP contribution in [0.1, 0.15) is 47.4 Å². The first-order chi connectivity index (χ1) is 17.7. The lowest BCUT2D eigenvalue weighted by molar-refractivity contribution is 0.0467. The van der Waals surface area contributed by atoms with Crippen molar-refractivity contribution in [2.75, 3.05) is 26.7 Å². The summed E-state index contributed by atoms with van der Waals surface area (Å²) in [5.74, 6) is 1.87. The zero-order valence-corrected chi connectivity index (χ0v) is 21.1. The summed E-state index contributed by atoms with van der Waals surface area (Å²) in [6, 6.07) is 22.9. The first-order valence-electron chi connectivity index (χ1n) is 13.1. The minimum absolute atomic E-state index is 0.0493. The fourth-order valence-corrected chi connectivity index (χ4v) is 5.39. The van der Waals surface area contributed by atoms with Gasteiger partial charge < -0.3 is 14.1 Å². The third kappa shape index (κ3) is 6.08. The second kappa shape index (κ2) is 11.6. The maximum absolute atomic E-state index is 13.5. The number of hydrogen-bond acceptors (Lipinski definition) is 4. The van der Waals surface area contributed by atoms with Crippen LogP contribution in [0.4, 0.5) is 0 Å². The van der Waals surface area contributed by atoms with Crippen molar-refractivity contribution in [1.82, 2.24) is 9.80 Å². The fraction of sp³-hybridized carbons (Fsp3) is 0.387. The molecule has 5 heteroatoms. The van der Waals surface area contributed by atoms with Crippen LogP contribution in [0.15, 0.2) is 83.5 Å². The van der Waals surface area contributed by atoms with Crippen LogP contribution in [0, 0.1) is 5.92 Å². The van der Waals surface area contributed by atoms with E-state index in [0.717, 1.165) is 57.5 Å². The van der Waals surface area contributed by atoms with Crippen LogP contribution < -0.4 is 4.74 Å². The van der Waals surface area contributed by atoms with Crippen LogP contribution in [0.25, 0.3) is 6.08 Å². The van der Waals surface area contributed by atoms with E-state index in [9.17, 15) is 4.79 Å². The smallest absolute Gasteiger partial charge is 0.290 e. The van der Waals surface area contributed by atoms with E-state index < -0.39 is 0 Å². The summed E-state index contributed by atoms with van der Waals surface area (Å²) in [7, 11) is 1.69. The Morgan fingerprint density at radius 1 is 1.03 bits per heavy atom. The molecule has 36 heavy (non-hydrogen) atoms. The Labute approximate surface area is 214 Å². The second-order valence-corrected chi connectivity index (χ2v) is 9.99. The van der Waals surface area contributed by atoms with E-state index in [4.69, 9.17) is 9.15 Å². The highest BCUT2D eigenvalue weighted by atomic mass is 16.5. The van der Waals surface area contributed by atoms with Gasteiger partial charge in [0.1, 0.15) is 5.75 Å². The Morgan fingerprint density at radius 2 is 1.78 bits per heavy atom. The largest absolute Gasteiger partial charge is 0.497 e. The van der Waals surface area contributed by atoms with Crippen LogP contribution in [-0.4, -0.2) is 54.5 Å². The van der Waals surface area contributed by atoms with E-state index in [1.54, 1.807) is 19.4 Å². The number of hydrogen-bond donors (Lipinski definition) is 0. The number of carbonyl (C=O) groups is 1. The van der Waals surface area contributed by atoms with E-state index in [2.05, 4.69) is 64.4 Å². The first kappa shape index (κ1) is 24.4. The topological polar surface area (TPSA) is 45.9 Å². The van der Waals surface area contributed by atoms with Crippen LogP contribution in [0.5, 0.6) is 5.75 Å². The van der Waals surface area contributed by atoms with Gasteiger partial charge in [0.25, 0.3) is 5.91 Å². The molecule has 2 aliphatic rings. The summed E-state index contributed by atoms with van der Waals surface area (Å²) in [6.07, 6.45) is 11.3. The molecule has 1 aliphatic carbocycles. The minimum atomic E-state index is 0.0493. The Hall–Kier alpha value is -3.31. The number of likely N-dealkylation sites (tertiary alicyclic amines) is 1. The van der Waals surface area contributed by atoms with Crippen molar-refractivity contribution in [2.24, 2.45) is 5.92 Å². The summed E-state index contributed by atoms with van der Waals surface area (Å²) in [4.78, 5) is 18.2. The van der Waals surface area contributed by atoms with Gasteiger partial charge >= 0.3 is 0 Å². The van der Waals surface area contributed by atoms with Gasteiger partial charge in [-0.1, -0.05) is 54.6 Å². The number of carbonyl (C=O) groups excluding carboxylic acids is 1. The van der Waals surface area contributed by atoms with Crippen LogP contribution >= 0.6 is 0 Å². The van der Waals surface area contributed by atoms with Crippen LogP contribution in [-0.2, 0) is 6.42 Å². The van der Waals surface area contributed by atoms with Gasteiger partial charge in [0.2, 0.25) is 0 Å². The highest BCUT2D eigenvalue weighted by Crippen LogP contribution is 2.36. The SMILES string of the molecule is COc1ccc(/C=C/CN2CCC(C(Cc3ccccc3)N(C(=O)c3ccco3)C3CC3)CC2)cc1. The molecule has 1 aromatic heterocycles. The van der Waals surface area contributed by atoms with Crippen molar-refractivity contribution in [3.05, 3.63) is 96.0 Å². The summed E-state index contributed by atoms with van der Waals surface area (Å²) in [5, 5.41) is 0.